The van der Waals surface area contributed by atoms with Crippen LogP contribution in [0.15, 0.2) is 38.8 Å². The highest BCUT2D eigenvalue weighted by Crippen LogP contribution is 2.33. The summed E-state index contributed by atoms with van der Waals surface area (Å²) in [5.41, 5.74) is 4.41. The standard InChI is InChI=1S/C13H10BrClN4O2/c14-8-3-1-2-7-9(4-5-21-12(7)8)17-18-10-6-16-19-13(20)11(10)15/h1-3,6H,4-5H2,(H2,18,19,20). The zero-order chi connectivity index (χ0) is 14.8. The maximum atomic E-state index is 11.4. The van der Waals surface area contributed by atoms with E-state index < -0.39 is 5.56 Å². The molecule has 0 spiro atoms. The van der Waals surface area contributed by atoms with Crippen LogP contribution in [0.25, 0.3) is 0 Å². The van der Waals surface area contributed by atoms with E-state index in [1.807, 2.05) is 18.2 Å². The number of hydrazone groups is 1. The van der Waals surface area contributed by atoms with Gasteiger partial charge >= 0.3 is 0 Å². The molecule has 2 N–H and O–H groups in total. The zero-order valence-corrected chi connectivity index (χ0v) is 13.0. The Kier molecular flexibility index (Phi) is 3.94. The van der Waals surface area contributed by atoms with Crippen molar-refractivity contribution in [3.8, 4) is 5.75 Å². The fraction of sp³-hybridized carbons (Fsp3) is 0.154. The van der Waals surface area contributed by atoms with Crippen molar-refractivity contribution >= 4 is 38.9 Å². The van der Waals surface area contributed by atoms with E-state index in [0.717, 1.165) is 21.5 Å². The third-order valence-corrected chi connectivity index (χ3v) is 3.97. The zero-order valence-electron chi connectivity index (χ0n) is 10.7. The van der Waals surface area contributed by atoms with Gasteiger partial charge in [-0.05, 0) is 28.1 Å². The number of benzene rings is 1. The van der Waals surface area contributed by atoms with E-state index in [1.54, 1.807) is 0 Å². The van der Waals surface area contributed by atoms with Gasteiger partial charge in [0.15, 0.2) is 0 Å². The van der Waals surface area contributed by atoms with Gasteiger partial charge < -0.3 is 4.74 Å². The molecule has 1 aromatic carbocycles. The molecular formula is C13H10BrClN4O2. The average molecular weight is 370 g/mol. The summed E-state index contributed by atoms with van der Waals surface area (Å²) in [4.78, 5) is 11.4. The number of hydrogen-bond acceptors (Lipinski definition) is 5. The van der Waals surface area contributed by atoms with E-state index in [0.29, 0.717) is 18.7 Å². The van der Waals surface area contributed by atoms with Crippen molar-refractivity contribution in [3.05, 3.63) is 49.8 Å². The molecule has 0 unspecified atom stereocenters. The van der Waals surface area contributed by atoms with Gasteiger partial charge in [-0.2, -0.15) is 10.2 Å². The minimum Gasteiger partial charge on any atom is -0.491 e. The van der Waals surface area contributed by atoms with Gasteiger partial charge in [0, 0.05) is 12.0 Å². The molecule has 0 radical (unpaired) electrons. The fourth-order valence-corrected chi connectivity index (χ4v) is 2.59. The van der Waals surface area contributed by atoms with Gasteiger partial charge in [0.1, 0.15) is 16.5 Å². The number of hydrogen-bond donors (Lipinski definition) is 2. The first-order chi connectivity index (χ1) is 10.2. The summed E-state index contributed by atoms with van der Waals surface area (Å²) in [5, 5.41) is 10.3. The molecule has 1 aliphatic rings. The van der Waals surface area contributed by atoms with Gasteiger partial charge in [-0.25, -0.2) is 5.10 Å². The SMILES string of the molecule is O=c1[nH]ncc(NN=C2CCOc3c(Br)cccc32)c1Cl. The number of aromatic nitrogens is 2. The molecule has 3 rings (SSSR count). The molecule has 1 aromatic heterocycles. The van der Waals surface area contributed by atoms with Crippen molar-refractivity contribution in [1.29, 1.82) is 0 Å². The largest absolute Gasteiger partial charge is 0.491 e. The Labute approximate surface area is 133 Å². The van der Waals surface area contributed by atoms with Gasteiger partial charge in [-0.15, -0.1) is 0 Å². The lowest BCUT2D eigenvalue weighted by atomic mass is 10.0. The number of H-pyrrole nitrogens is 1. The van der Waals surface area contributed by atoms with Crippen molar-refractivity contribution in [2.75, 3.05) is 12.0 Å². The summed E-state index contributed by atoms with van der Waals surface area (Å²) in [5.74, 6) is 0.763. The van der Waals surface area contributed by atoms with Crippen molar-refractivity contribution in [2.24, 2.45) is 5.10 Å². The molecule has 6 nitrogen and oxygen atoms in total. The Hall–Kier alpha value is -1.86. The summed E-state index contributed by atoms with van der Waals surface area (Å²) in [6.45, 7) is 0.539. The number of rotatable bonds is 2. The van der Waals surface area contributed by atoms with E-state index in [4.69, 9.17) is 16.3 Å². The molecule has 0 saturated heterocycles. The second kappa shape index (κ2) is 5.87. The summed E-state index contributed by atoms with van der Waals surface area (Å²) in [6.07, 6.45) is 2.07. The predicted molar refractivity (Wildman–Crippen MR) is 84.3 cm³/mol. The van der Waals surface area contributed by atoms with E-state index in [2.05, 4.69) is 36.7 Å². The number of fused-ring (bicyclic) bond motifs is 1. The van der Waals surface area contributed by atoms with Crippen LogP contribution in [-0.4, -0.2) is 22.5 Å². The Morgan fingerprint density at radius 2 is 2.33 bits per heavy atom. The molecule has 2 aromatic rings. The number of para-hydroxylation sites is 1. The topological polar surface area (TPSA) is 79.4 Å². The quantitative estimate of drug-likeness (QED) is 0.798. The number of ether oxygens (including phenoxy) is 1. The van der Waals surface area contributed by atoms with Gasteiger partial charge in [-0.1, -0.05) is 17.7 Å². The van der Waals surface area contributed by atoms with Crippen molar-refractivity contribution < 1.29 is 4.74 Å². The van der Waals surface area contributed by atoms with Crippen LogP contribution < -0.4 is 15.7 Å². The molecule has 0 bridgehead atoms. The molecular weight excluding hydrogens is 360 g/mol. The molecule has 8 heteroatoms. The van der Waals surface area contributed by atoms with Crippen LogP contribution in [0, 0.1) is 0 Å². The van der Waals surface area contributed by atoms with Gasteiger partial charge in [0.2, 0.25) is 0 Å². The second-order valence-electron chi connectivity index (χ2n) is 4.31. The molecule has 2 heterocycles. The summed E-state index contributed by atoms with van der Waals surface area (Å²) >= 11 is 9.34. The fourth-order valence-electron chi connectivity index (χ4n) is 1.97. The highest BCUT2D eigenvalue weighted by atomic mass is 79.9. The molecule has 0 amide bonds. The molecule has 0 saturated carbocycles. The van der Waals surface area contributed by atoms with Crippen LogP contribution in [0.1, 0.15) is 12.0 Å². The maximum Gasteiger partial charge on any atom is 0.285 e. The van der Waals surface area contributed by atoms with Gasteiger partial charge in [0.25, 0.3) is 5.56 Å². The first-order valence-electron chi connectivity index (χ1n) is 6.14. The lowest BCUT2D eigenvalue weighted by Gasteiger charge is -2.20. The smallest absolute Gasteiger partial charge is 0.285 e. The van der Waals surface area contributed by atoms with Gasteiger partial charge in [0.05, 0.1) is 23.0 Å². The van der Waals surface area contributed by atoms with E-state index in [-0.39, 0.29) is 5.02 Å². The lowest BCUT2D eigenvalue weighted by molar-refractivity contribution is 0.318. The van der Waals surface area contributed by atoms with Crippen LogP contribution in [0.5, 0.6) is 5.75 Å². The van der Waals surface area contributed by atoms with Crippen molar-refractivity contribution in [2.45, 2.75) is 6.42 Å². The Morgan fingerprint density at radius 3 is 3.19 bits per heavy atom. The lowest BCUT2D eigenvalue weighted by Crippen LogP contribution is -2.18. The first kappa shape index (κ1) is 14.1. The van der Waals surface area contributed by atoms with Crippen LogP contribution in [-0.2, 0) is 0 Å². The minimum atomic E-state index is -0.461. The summed E-state index contributed by atoms with van der Waals surface area (Å²) in [7, 11) is 0. The monoisotopic (exact) mass is 368 g/mol. The Morgan fingerprint density at radius 1 is 1.48 bits per heavy atom. The number of halogens is 2. The molecule has 0 atom stereocenters. The van der Waals surface area contributed by atoms with Crippen molar-refractivity contribution in [1.82, 2.24) is 10.2 Å². The third kappa shape index (κ3) is 2.79. The molecule has 108 valence electrons. The summed E-state index contributed by atoms with van der Waals surface area (Å²) < 4.78 is 6.51. The number of nitrogens with one attached hydrogen (secondary N) is 2. The predicted octanol–water partition coefficient (Wildman–Crippen LogP) is 2.78. The van der Waals surface area contributed by atoms with Crippen molar-refractivity contribution in [3.63, 3.8) is 0 Å². The molecule has 0 fully saturated rings. The van der Waals surface area contributed by atoms with Crippen LogP contribution in [0.4, 0.5) is 5.69 Å². The normalized spacial score (nSPS) is 15.4. The minimum absolute atomic E-state index is 0.0240. The van der Waals surface area contributed by atoms with E-state index in [1.165, 1.54) is 6.20 Å². The summed E-state index contributed by atoms with van der Waals surface area (Å²) in [6, 6.07) is 5.75. The highest BCUT2D eigenvalue weighted by molar-refractivity contribution is 9.10. The molecule has 0 aliphatic carbocycles. The highest BCUT2D eigenvalue weighted by Gasteiger charge is 2.19. The van der Waals surface area contributed by atoms with Crippen LogP contribution in [0.2, 0.25) is 5.02 Å². The number of nitrogens with zero attached hydrogens (tertiary/aromatic N) is 2. The second-order valence-corrected chi connectivity index (χ2v) is 5.54. The number of anilines is 1. The van der Waals surface area contributed by atoms with E-state index >= 15 is 0 Å². The van der Waals surface area contributed by atoms with E-state index in [9.17, 15) is 4.79 Å². The maximum absolute atomic E-state index is 11.4. The first-order valence-corrected chi connectivity index (χ1v) is 7.31. The molecule has 21 heavy (non-hydrogen) atoms. The van der Waals surface area contributed by atoms with Gasteiger partial charge in [-0.3, -0.25) is 10.2 Å². The van der Waals surface area contributed by atoms with Crippen LogP contribution in [0.3, 0.4) is 0 Å². The number of aromatic amines is 1. The third-order valence-electron chi connectivity index (χ3n) is 2.97. The molecule has 1 aliphatic heterocycles. The Bertz CT molecular complexity index is 775. The van der Waals surface area contributed by atoms with Crippen LogP contribution >= 0.6 is 27.5 Å². The Balaban J connectivity index is 1.94. The average Bonchev–Trinajstić information content (AvgIpc) is 2.49.